The Labute approximate surface area is 163 Å². The summed E-state index contributed by atoms with van der Waals surface area (Å²) in [4.78, 5) is 0. The minimum Gasteiger partial charge on any atom is -0.492 e. The highest BCUT2D eigenvalue weighted by Gasteiger charge is 2.14. The maximum absolute atomic E-state index is 5.96. The molecule has 0 aliphatic carbocycles. The quantitative estimate of drug-likeness (QED) is 0.539. The first-order valence-corrected chi connectivity index (χ1v) is 9.75. The molecule has 3 aromatic carbocycles. The fraction of sp³-hybridized carbons (Fsp3) is 0.280. The topological polar surface area (TPSA) is 21.3 Å². The smallest absolute Gasteiger partial charge is 0.122 e. The summed E-state index contributed by atoms with van der Waals surface area (Å²) >= 11 is 0. The van der Waals surface area contributed by atoms with Gasteiger partial charge >= 0.3 is 0 Å². The Morgan fingerprint density at radius 3 is 1.93 bits per heavy atom. The fourth-order valence-electron chi connectivity index (χ4n) is 3.36. The zero-order valence-electron chi connectivity index (χ0n) is 16.3. The van der Waals surface area contributed by atoms with Gasteiger partial charge in [0.25, 0.3) is 0 Å². The first-order chi connectivity index (χ1) is 13.2. The Bertz CT molecular complexity index is 761. The number of nitrogens with one attached hydrogen (secondary N) is 1. The van der Waals surface area contributed by atoms with E-state index in [1.54, 1.807) is 0 Å². The molecule has 0 aromatic heterocycles. The third-order valence-corrected chi connectivity index (χ3v) is 4.91. The van der Waals surface area contributed by atoms with Crippen LogP contribution >= 0.6 is 0 Å². The van der Waals surface area contributed by atoms with Crippen LogP contribution in [-0.4, -0.2) is 19.2 Å². The molecule has 0 saturated carbocycles. The molecule has 3 rings (SSSR count). The van der Waals surface area contributed by atoms with Gasteiger partial charge in [-0.1, -0.05) is 78.9 Å². The van der Waals surface area contributed by atoms with E-state index < -0.39 is 0 Å². The lowest BCUT2D eigenvalue weighted by atomic mass is 9.88. The highest BCUT2D eigenvalue weighted by molar-refractivity contribution is 5.33. The summed E-state index contributed by atoms with van der Waals surface area (Å²) in [7, 11) is 0. The molecule has 1 N–H and O–H groups in total. The molecule has 0 aliphatic heterocycles. The van der Waals surface area contributed by atoms with E-state index in [1.165, 1.54) is 16.7 Å². The zero-order chi connectivity index (χ0) is 18.9. The molecule has 3 aromatic rings. The average Bonchev–Trinajstić information content (AvgIpc) is 2.72. The predicted octanol–water partition coefficient (Wildman–Crippen LogP) is 5.57. The molecule has 0 saturated heterocycles. The first-order valence-electron chi connectivity index (χ1n) is 9.75. The first kappa shape index (κ1) is 19.2. The molecule has 2 heteroatoms. The summed E-state index contributed by atoms with van der Waals surface area (Å²) in [5.74, 6) is 1.38. The van der Waals surface area contributed by atoms with Gasteiger partial charge in [0, 0.05) is 12.0 Å². The third kappa shape index (κ3) is 5.70. The van der Waals surface area contributed by atoms with Gasteiger partial charge in [-0.2, -0.15) is 0 Å². The molecular weight excluding hydrogens is 330 g/mol. The van der Waals surface area contributed by atoms with Crippen LogP contribution in [0.1, 0.15) is 36.0 Å². The van der Waals surface area contributed by atoms with Crippen LogP contribution in [0.2, 0.25) is 0 Å². The van der Waals surface area contributed by atoms with Crippen molar-refractivity contribution in [3.8, 4) is 5.75 Å². The maximum atomic E-state index is 5.96. The summed E-state index contributed by atoms with van der Waals surface area (Å²) < 4.78 is 5.96. The van der Waals surface area contributed by atoms with Gasteiger partial charge in [0.15, 0.2) is 0 Å². The molecule has 0 heterocycles. The summed E-state index contributed by atoms with van der Waals surface area (Å²) in [6.07, 6.45) is 1.06. The van der Waals surface area contributed by atoms with Crippen molar-refractivity contribution in [2.45, 2.75) is 32.2 Å². The number of aryl methyl sites for hydroxylation is 1. The van der Waals surface area contributed by atoms with Gasteiger partial charge in [0.05, 0.1) is 0 Å². The minimum absolute atomic E-state index is 0.303. The van der Waals surface area contributed by atoms with Crippen LogP contribution in [-0.2, 0) is 0 Å². The largest absolute Gasteiger partial charge is 0.492 e. The summed E-state index contributed by atoms with van der Waals surface area (Å²) in [6.45, 7) is 5.88. The predicted molar refractivity (Wildman–Crippen MR) is 113 cm³/mol. The van der Waals surface area contributed by atoms with E-state index in [0.29, 0.717) is 18.6 Å². The number of benzene rings is 3. The number of para-hydroxylation sites is 1. The van der Waals surface area contributed by atoms with Crippen molar-refractivity contribution >= 4 is 0 Å². The lowest BCUT2D eigenvalue weighted by Crippen LogP contribution is -2.33. The van der Waals surface area contributed by atoms with Gasteiger partial charge in [-0.05, 0) is 49.6 Å². The van der Waals surface area contributed by atoms with Gasteiger partial charge in [-0.3, -0.25) is 0 Å². The van der Waals surface area contributed by atoms with Crippen LogP contribution < -0.4 is 10.1 Å². The number of hydrogen-bond acceptors (Lipinski definition) is 2. The molecule has 0 spiro atoms. The van der Waals surface area contributed by atoms with Crippen LogP contribution in [0.4, 0.5) is 0 Å². The van der Waals surface area contributed by atoms with Crippen LogP contribution in [0.25, 0.3) is 0 Å². The normalized spacial score (nSPS) is 12.1. The number of rotatable bonds is 9. The summed E-state index contributed by atoms with van der Waals surface area (Å²) in [5.41, 5.74) is 3.92. The van der Waals surface area contributed by atoms with Gasteiger partial charge in [0.2, 0.25) is 0 Å². The van der Waals surface area contributed by atoms with Gasteiger partial charge in [-0.25, -0.2) is 0 Å². The van der Waals surface area contributed by atoms with E-state index >= 15 is 0 Å². The van der Waals surface area contributed by atoms with Crippen molar-refractivity contribution in [1.82, 2.24) is 5.32 Å². The Balaban J connectivity index is 1.54. The summed E-state index contributed by atoms with van der Waals surface area (Å²) in [5, 5.41) is 3.62. The minimum atomic E-state index is 0.303. The summed E-state index contributed by atoms with van der Waals surface area (Å²) in [6, 6.07) is 30.0. The lowest BCUT2D eigenvalue weighted by Gasteiger charge is -2.21. The second-order valence-corrected chi connectivity index (χ2v) is 7.09. The average molecular weight is 360 g/mol. The Hall–Kier alpha value is -2.58. The molecule has 0 amide bonds. The van der Waals surface area contributed by atoms with Crippen molar-refractivity contribution in [2.24, 2.45) is 0 Å². The van der Waals surface area contributed by atoms with E-state index in [1.807, 2.05) is 18.2 Å². The molecule has 2 nitrogen and oxygen atoms in total. The van der Waals surface area contributed by atoms with Crippen LogP contribution in [0.3, 0.4) is 0 Å². The van der Waals surface area contributed by atoms with E-state index in [9.17, 15) is 0 Å². The molecule has 140 valence electrons. The standard InChI is InChI=1S/C25H29NO/c1-20-11-9-10-16-25(20)27-19-21(2)26-18-17-24(22-12-5-3-6-13-22)23-14-7-4-8-15-23/h3-16,21,24,26H,17-19H2,1-2H3. The van der Waals surface area contributed by atoms with Crippen molar-refractivity contribution in [2.75, 3.05) is 13.2 Å². The molecule has 27 heavy (non-hydrogen) atoms. The van der Waals surface area contributed by atoms with Crippen LogP contribution in [0, 0.1) is 6.92 Å². The molecular formula is C25H29NO. The molecule has 0 fully saturated rings. The fourth-order valence-corrected chi connectivity index (χ4v) is 3.36. The monoisotopic (exact) mass is 359 g/mol. The van der Waals surface area contributed by atoms with Gasteiger partial charge in [-0.15, -0.1) is 0 Å². The van der Waals surface area contributed by atoms with Gasteiger partial charge in [0.1, 0.15) is 12.4 Å². The van der Waals surface area contributed by atoms with Crippen molar-refractivity contribution in [3.63, 3.8) is 0 Å². The SMILES string of the molecule is Cc1ccccc1OCC(C)NCCC(c1ccccc1)c1ccccc1. The van der Waals surface area contributed by atoms with Gasteiger partial charge < -0.3 is 10.1 Å². The van der Waals surface area contributed by atoms with Crippen LogP contribution in [0.5, 0.6) is 5.75 Å². The molecule has 1 unspecified atom stereocenters. The van der Waals surface area contributed by atoms with E-state index in [2.05, 4.69) is 85.9 Å². The van der Waals surface area contributed by atoms with Crippen molar-refractivity contribution in [3.05, 3.63) is 102 Å². The van der Waals surface area contributed by atoms with Crippen molar-refractivity contribution < 1.29 is 4.74 Å². The third-order valence-electron chi connectivity index (χ3n) is 4.91. The molecule has 0 radical (unpaired) electrons. The highest BCUT2D eigenvalue weighted by Crippen LogP contribution is 2.27. The Kier molecular flexibility index (Phi) is 7.06. The molecule has 1 atom stereocenters. The van der Waals surface area contributed by atoms with E-state index in [4.69, 9.17) is 4.74 Å². The number of hydrogen-bond donors (Lipinski definition) is 1. The maximum Gasteiger partial charge on any atom is 0.122 e. The molecule has 0 aliphatic rings. The van der Waals surface area contributed by atoms with Crippen molar-refractivity contribution in [1.29, 1.82) is 0 Å². The zero-order valence-corrected chi connectivity index (χ0v) is 16.3. The van der Waals surface area contributed by atoms with E-state index in [0.717, 1.165) is 18.7 Å². The van der Waals surface area contributed by atoms with Crippen LogP contribution in [0.15, 0.2) is 84.9 Å². The second kappa shape index (κ2) is 9.94. The lowest BCUT2D eigenvalue weighted by molar-refractivity contribution is 0.271. The van der Waals surface area contributed by atoms with E-state index in [-0.39, 0.29) is 0 Å². The molecule has 0 bridgehead atoms. The Morgan fingerprint density at radius 1 is 0.778 bits per heavy atom. The second-order valence-electron chi connectivity index (χ2n) is 7.09. The highest BCUT2D eigenvalue weighted by atomic mass is 16.5. The number of ether oxygens (including phenoxy) is 1. The Morgan fingerprint density at radius 2 is 1.33 bits per heavy atom.